The van der Waals surface area contributed by atoms with Crippen molar-refractivity contribution in [3.8, 4) is 0 Å². The van der Waals surface area contributed by atoms with Gasteiger partial charge in [0.25, 0.3) is 0 Å². The fourth-order valence-electron chi connectivity index (χ4n) is 1.70. The molecule has 5 heteroatoms. The highest BCUT2D eigenvalue weighted by Gasteiger charge is 2.22. The van der Waals surface area contributed by atoms with E-state index < -0.39 is 5.97 Å². The fraction of sp³-hybridized carbons (Fsp3) is 0.375. The van der Waals surface area contributed by atoms with Gasteiger partial charge in [0.2, 0.25) is 0 Å². The van der Waals surface area contributed by atoms with Gasteiger partial charge in [0, 0.05) is 23.4 Å². The number of benzene rings is 1. The fourth-order valence-corrected chi connectivity index (χ4v) is 1.70. The maximum atomic E-state index is 12.1. The molecule has 1 aromatic rings. The van der Waals surface area contributed by atoms with Gasteiger partial charge < -0.3 is 15.2 Å². The van der Waals surface area contributed by atoms with Crippen molar-refractivity contribution < 1.29 is 19.4 Å². The number of esters is 1. The zero-order valence-electron chi connectivity index (χ0n) is 12.6. The smallest absolute Gasteiger partial charge is 0.343 e. The molecule has 2 N–H and O–H groups in total. The summed E-state index contributed by atoms with van der Waals surface area (Å²) in [5.74, 6) is -1.25. The van der Waals surface area contributed by atoms with Crippen molar-refractivity contribution in [3.05, 3.63) is 41.6 Å². The van der Waals surface area contributed by atoms with Crippen LogP contribution >= 0.6 is 0 Å². The Kier molecular flexibility index (Phi) is 6.62. The Morgan fingerprint density at radius 1 is 1.33 bits per heavy atom. The molecule has 114 valence electrons. The van der Waals surface area contributed by atoms with Gasteiger partial charge in [-0.05, 0) is 13.0 Å². The number of para-hydroxylation sites is 1. The average molecular weight is 291 g/mol. The molecule has 0 amide bonds. The number of hydrogen-bond donors (Lipinski definition) is 2. The molecule has 0 bridgehead atoms. The second kappa shape index (κ2) is 8.21. The molecule has 0 aliphatic rings. The Bertz CT molecular complexity index is 535. The first-order valence-corrected chi connectivity index (χ1v) is 6.88. The van der Waals surface area contributed by atoms with Gasteiger partial charge in [0.05, 0.1) is 13.2 Å². The monoisotopic (exact) mass is 291 g/mol. The minimum Gasteiger partial charge on any atom is -0.462 e. The summed E-state index contributed by atoms with van der Waals surface area (Å²) < 4.78 is 4.90. The Morgan fingerprint density at radius 3 is 2.57 bits per heavy atom. The summed E-state index contributed by atoms with van der Waals surface area (Å²) in [5, 5.41) is 12.2. The number of hydrogen-bond acceptors (Lipinski definition) is 5. The number of carbonyl (C=O) groups is 2. The molecule has 0 atom stereocenters. The number of nitrogens with one attached hydrogen (secondary N) is 1. The van der Waals surface area contributed by atoms with E-state index in [4.69, 9.17) is 4.74 Å². The number of ether oxygens (including phenoxy) is 1. The third kappa shape index (κ3) is 4.72. The topological polar surface area (TPSA) is 75.6 Å². The zero-order valence-corrected chi connectivity index (χ0v) is 12.6. The third-order valence-electron chi connectivity index (χ3n) is 2.84. The van der Waals surface area contributed by atoms with Crippen molar-refractivity contribution in [1.29, 1.82) is 0 Å². The van der Waals surface area contributed by atoms with Crippen LogP contribution < -0.4 is 5.32 Å². The van der Waals surface area contributed by atoms with Crippen molar-refractivity contribution >= 4 is 17.4 Å². The van der Waals surface area contributed by atoms with Crippen molar-refractivity contribution in [2.45, 2.75) is 27.4 Å². The van der Waals surface area contributed by atoms with Crippen LogP contribution in [-0.2, 0) is 20.9 Å². The number of aliphatic hydroxyl groups is 1. The summed E-state index contributed by atoms with van der Waals surface area (Å²) in [6.45, 7) is 5.19. The molecule has 0 aliphatic carbocycles. The van der Waals surface area contributed by atoms with E-state index in [1.165, 1.54) is 6.20 Å². The molecular weight excluding hydrogens is 270 g/mol. The number of carbonyl (C=O) groups excluding carboxylic acids is 2. The van der Waals surface area contributed by atoms with Crippen LogP contribution in [0.25, 0.3) is 0 Å². The van der Waals surface area contributed by atoms with E-state index in [0.717, 1.165) is 0 Å². The first-order valence-electron chi connectivity index (χ1n) is 6.88. The molecule has 21 heavy (non-hydrogen) atoms. The standard InChI is InChI=1S/C16H21NO4/c1-4-21-16(20)13(15(19)11(2)3)9-17-14-8-6-5-7-12(14)10-18/h5-9,11,17-18H,4,10H2,1-3H3. The summed E-state index contributed by atoms with van der Waals surface area (Å²) in [4.78, 5) is 23.9. The van der Waals surface area contributed by atoms with E-state index in [1.807, 2.05) is 0 Å². The van der Waals surface area contributed by atoms with E-state index in [2.05, 4.69) is 5.32 Å². The highest BCUT2D eigenvalue weighted by molar-refractivity contribution is 6.18. The first-order chi connectivity index (χ1) is 10.0. The second-order valence-electron chi connectivity index (χ2n) is 4.76. The minimum atomic E-state index is -0.648. The average Bonchev–Trinajstić information content (AvgIpc) is 2.47. The highest BCUT2D eigenvalue weighted by Crippen LogP contribution is 2.16. The summed E-state index contributed by atoms with van der Waals surface area (Å²) >= 11 is 0. The van der Waals surface area contributed by atoms with Crippen molar-refractivity contribution in [1.82, 2.24) is 0 Å². The molecule has 0 unspecified atom stereocenters. The SMILES string of the molecule is CCOC(=O)C(=CNc1ccccc1CO)C(=O)C(C)C. The molecule has 0 fully saturated rings. The van der Waals surface area contributed by atoms with Gasteiger partial charge in [-0.2, -0.15) is 0 Å². The molecule has 0 saturated heterocycles. The van der Waals surface area contributed by atoms with E-state index >= 15 is 0 Å². The van der Waals surface area contributed by atoms with Gasteiger partial charge in [0.1, 0.15) is 5.57 Å². The van der Waals surface area contributed by atoms with Crippen LogP contribution in [0, 0.1) is 5.92 Å². The molecule has 0 radical (unpaired) electrons. The maximum absolute atomic E-state index is 12.1. The van der Waals surface area contributed by atoms with Gasteiger partial charge in [-0.15, -0.1) is 0 Å². The van der Waals surface area contributed by atoms with Crippen LogP contribution in [0.3, 0.4) is 0 Å². The molecule has 1 rings (SSSR count). The lowest BCUT2D eigenvalue weighted by Crippen LogP contribution is -2.21. The minimum absolute atomic E-state index is 0.0282. The lowest BCUT2D eigenvalue weighted by molar-refractivity contribution is -0.140. The van der Waals surface area contributed by atoms with E-state index in [1.54, 1.807) is 45.0 Å². The predicted molar refractivity (Wildman–Crippen MR) is 80.5 cm³/mol. The Labute approximate surface area is 124 Å². The van der Waals surface area contributed by atoms with Gasteiger partial charge in [-0.1, -0.05) is 32.0 Å². The van der Waals surface area contributed by atoms with Gasteiger partial charge in [-0.3, -0.25) is 4.79 Å². The second-order valence-corrected chi connectivity index (χ2v) is 4.76. The maximum Gasteiger partial charge on any atom is 0.343 e. The van der Waals surface area contributed by atoms with Gasteiger partial charge in [0.15, 0.2) is 5.78 Å². The number of ketones is 1. The van der Waals surface area contributed by atoms with Crippen LogP contribution in [0.2, 0.25) is 0 Å². The molecule has 0 saturated carbocycles. The zero-order chi connectivity index (χ0) is 15.8. The summed E-state index contributed by atoms with van der Waals surface area (Å²) in [5.41, 5.74) is 1.28. The molecule has 0 aliphatic heterocycles. The predicted octanol–water partition coefficient (Wildman–Crippen LogP) is 2.26. The quantitative estimate of drug-likeness (QED) is 0.349. The Morgan fingerprint density at radius 2 is 2.00 bits per heavy atom. The van der Waals surface area contributed by atoms with Crippen LogP contribution in [0.5, 0.6) is 0 Å². The number of aliphatic hydroxyl groups excluding tert-OH is 1. The largest absolute Gasteiger partial charge is 0.462 e. The first kappa shape index (κ1) is 16.9. The summed E-state index contributed by atoms with van der Waals surface area (Å²) in [6.07, 6.45) is 1.34. The number of rotatable bonds is 7. The summed E-state index contributed by atoms with van der Waals surface area (Å²) in [6, 6.07) is 7.10. The number of Topliss-reactive ketones (excluding diaryl/α,β-unsaturated/α-hetero) is 1. The molecule has 1 aromatic carbocycles. The van der Waals surface area contributed by atoms with E-state index in [0.29, 0.717) is 11.3 Å². The highest BCUT2D eigenvalue weighted by atomic mass is 16.5. The van der Waals surface area contributed by atoms with Crippen molar-refractivity contribution in [2.24, 2.45) is 5.92 Å². The van der Waals surface area contributed by atoms with Crippen LogP contribution in [0.4, 0.5) is 5.69 Å². The molecule has 0 heterocycles. The Hall–Kier alpha value is -2.14. The van der Waals surface area contributed by atoms with Gasteiger partial charge in [-0.25, -0.2) is 4.79 Å². The molecule has 5 nitrogen and oxygen atoms in total. The molecular formula is C16H21NO4. The van der Waals surface area contributed by atoms with Crippen LogP contribution in [0.15, 0.2) is 36.0 Å². The van der Waals surface area contributed by atoms with Crippen LogP contribution in [0.1, 0.15) is 26.3 Å². The van der Waals surface area contributed by atoms with Crippen LogP contribution in [-0.4, -0.2) is 23.5 Å². The van der Waals surface area contributed by atoms with Crippen molar-refractivity contribution in [2.75, 3.05) is 11.9 Å². The van der Waals surface area contributed by atoms with Gasteiger partial charge >= 0.3 is 5.97 Å². The third-order valence-corrected chi connectivity index (χ3v) is 2.84. The molecule has 0 aromatic heterocycles. The summed E-state index contributed by atoms with van der Waals surface area (Å²) in [7, 11) is 0. The normalized spacial score (nSPS) is 11.4. The van der Waals surface area contributed by atoms with E-state index in [9.17, 15) is 14.7 Å². The van der Waals surface area contributed by atoms with Crippen molar-refractivity contribution in [3.63, 3.8) is 0 Å². The van der Waals surface area contributed by atoms with E-state index in [-0.39, 0.29) is 30.5 Å². The molecule has 0 spiro atoms. The lowest BCUT2D eigenvalue weighted by atomic mass is 10.0. The number of anilines is 1. The Balaban J connectivity index is 3.03. The lowest BCUT2D eigenvalue weighted by Gasteiger charge is -2.11.